The van der Waals surface area contributed by atoms with Crippen LogP contribution >= 0.6 is 0 Å². The predicted molar refractivity (Wildman–Crippen MR) is 160 cm³/mol. The number of methoxy groups -OCH3 is 2. The Morgan fingerprint density at radius 1 is 0.977 bits per heavy atom. The van der Waals surface area contributed by atoms with Crippen molar-refractivity contribution in [3.05, 3.63) is 89.1 Å². The van der Waals surface area contributed by atoms with Crippen molar-refractivity contribution in [2.45, 2.75) is 40.4 Å². The summed E-state index contributed by atoms with van der Waals surface area (Å²) in [7, 11) is 2.91. The van der Waals surface area contributed by atoms with Crippen molar-refractivity contribution in [1.29, 1.82) is 0 Å². The minimum atomic E-state index is -0.880. The Balaban J connectivity index is 1.34. The number of carbonyl (C=O) groups is 2. The molecule has 2 heterocycles. The Hall–Kier alpha value is -5.19. The van der Waals surface area contributed by atoms with E-state index in [1.807, 2.05) is 24.3 Å². The molecular weight excluding hydrogens is 554 g/mol. The monoisotopic (exact) mass is 589 g/mol. The summed E-state index contributed by atoms with van der Waals surface area (Å²) in [5.74, 6) is 1.04. The highest BCUT2D eigenvalue weighted by molar-refractivity contribution is 5.92. The van der Waals surface area contributed by atoms with Crippen LogP contribution in [0.4, 0.5) is 0 Å². The van der Waals surface area contributed by atoms with Gasteiger partial charge in [-0.05, 0) is 88.4 Å². The molecule has 0 radical (unpaired) electrons. The lowest BCUT2D eigenvalue weighted by Gasteiger charge is -2.18. The third kappa shape index (κ3) is 7.56. The van der Waals surface area contributed by atoms with Crippen LogP contribution in [-0.4, -0.2) is 49.6 Å². The van der Waals surface area contributed by atoms with Gasteiger partial charge >= 0.3 is 11.9 Å². The van der Waals surface area contributed by atoms with Crippen LogP contribution in [0, 0.1) is 13.8 Å². The lowest BCUT2D eigenvalue weighted by atomic mass is 10.2. The molecule has 1 atom stereocenters. The van der Waals surface area contributed by atoms with E-state index in [0.717, 1.165) is 17.1 Å². The van der Waals surface area contributed by atoms with Gasteiger partial charge in [0.2, 0.25) is 5.75 Å². The second kappa shape index (κ2) is 14.1. The number of benzene rings is 2. The Morgan fingerprint density at radius 2 is 1.63 bits per heavy atom. The normalized spacial score (nSPS) is 11.7. The molecule has 2 aromatic carbocycles. The third-order valence-electron chi connectivity index (χ3n) is 6.41. The summed E-state index contributed by atoms with van der Waals surface area (Å²) in [5.41, 5.74) is 6.34. The Labute approximate surface area is 250 Å². The molecule has 0 bridgehead atoms. The zero-order chi connectivity index (χ0) is 30.9. The van der Waals surface area contributed by atoms with Crippen molar-refractivity contribution in [2.24, 2.45) is 5.10 Å². The van der Waals surface area contributed by atoms with Crippen molar-refractivity contribution in [1.82, 2.24) is 9.99 Å². The molecule has 0 saturated carbocycles. The number of rotatable bonds is 13. The first-order valence-electron chi connectivity index (χ1n) is 13.6. The van der Waals surface area contributed by atoms with E-state index in [1.54, 1.807) is 38.1 Å². The summed E-state index contributed by atoms with van der Waals surface area (Å²) in [5, 5.41) is 4.01. The molecule has 43 heavy (non-hydrogen) atoms. The molecule has 226 valence electrons. The standard InChI is InChI=1S/C32H35N3O8/c1-7-40-32(37)22(4)42-30-28(38-5)16-23(17-29(30)39-6)18-33-34-31(36)27-15-14-26(43-27)19-41-25-12-10-24(11-13-25)35-20(2)8-9-21(35)3/h8-18,22H,7,19H2,1-6H3,(H,34,36)/b33-18+/t22-/m1/s1. The van der Waals surface area contributed by atoms with Gasteiger partial charge in [-0.15, -0.1) is 0 Å². The van der Waals surface area contributed by atoms with E-state index in [2.05, 4.69) is 41.1 Å². The molecule has 0 spiro atoms. The zero-order valence-electron chi connectivity index (χ0n) is 25.0. The molecule has 0 aliphatic rings. The molecule has 1 N–H and O–H groups in total. The Morgan fingerprint density at radius 3 is 2.23 bits per heavy atom. The molecule has 2 aromatic heterocycles. The highest BCUT2D eigenvalue weighted by Gasteiger charge is 2.22. The lowest BCUT2D eigenvalue weighted by Crippen LogP contribution is -2.26. The zero-order valence-corrected chi connectivity index (χ0v) is 25.0. The van der Waals surface area contributed by atoms with E-state index < -0.39 is 18.0 Å². The van der Waals surface area contributed by atoms with Crippen LogP contribution in [0.3, 0.4) is 0 Å². The number of aromatic nitrogens is 1. The van der Waals surface area contributed by atoms with Gasteiger partial charge in [0.25, 0.3) is 0 Å². The summed E-state index contributed by atoms with van der Waals surface area (Å²) >= 11 is 0. The number of hydrazone groups is 1. The van der Waals surface area contributed by atoms with Crippen LogP contribution in [0.1, 0.15) is 47.1 Å². The molecule has 0 aliphatic heterocycles. The van der Waals surface area contributed by atoms with Gasteiger partial charge in [0, 0.05) is 22.6 Å². The summed E-state index contributed by atoms with van der Waals surface area (Å²) in [6.45, 7) is 7.79. The van der Waals surface area contributed by atoms with Crippen molar-refractivity contribution < 1.29 is 37.7 Å². The highest BCUT2D eigenvalue weighted by atomic mass is 16.6. The van der Waals surface area contributed by atoms with Gasteiger partial charge in [0.15, 0.2) is 23.4 Å². The van der Waals surface area contributed by atoms with Crippen molar-refractivity contribution in [3.8, 4) is 28.7 Å². The first-order chi connectivity index (χ1) is 20.7. The molecule has 4 rings (SSSR count). The summed E-state index contributed by atoms with van der Waals surface area (Å²) < 4.78 is 35.2. The second-order valence-corrected chi connectivity index (χ2v) is 9.47. The number of nitrogens with zero attached hydrogens (tertiary/aromatic N) is 2. The quantitative estimate of drug-likeness (QED) is 0.125. The van der Waals surface area contributed by atoms with Gasteiger partial charge in [-0.3, -0.25) is 4.79 Å². The average Bonchev–Trinajstić information content (AvgIpc) is 3.62. The van der Waals surface area contributed by atoms with E-state index in [-0.39, 0.29) is 24.7 Å². The van der Waals surface area contributed by atoms with Crippen LogP contribution < -0.4 is 24.4 Å². The van der Waals surface area contributed by atoms with E-state index in [0.29, 0.717) is 28.6 Å². The van der Waals surface area contributed by atoms with E-state index in [9.17, 15) is 9.59 Å². The molecule has 0 aliphatic carbocycles. The molecule has 11 nitrogen and oxygen atoms in total. The number of amides is 1. The fraction of sp³-hybridized carbons (Fsp3) is 0.281. The van der Waals surface area contributed by atoms with E-state index >= 15 is 0 Å². The van der Waals surface area contributed by atoms with Gasteiger partial charge in [-0.25, -0.2) is 10.2 Å². The van der Waals surface area contributed by atoms with Crippen molar-refractivity contribution in [3.63, 3.8) is 0 Å². The highest BCUT2D eigenvalue weighted by Crippen LogP contribution is 2.39. The van der Waals surface area contributed by atoms with Gasteiger partial charge in [0.1, 0.15) is 18.1 Å². The van der Waals surface area contributed by atoms with Gasteiger partial charge in [0.05, 0.1) is 27.0 Å². The van der Waals surface area contributed by atoms with Crippen LogP contribution in [0.15, 0.2) is 70.2 Å². The first kappa shape index (κ1) is 30.8. The minimum absolute atomic E-state index is 0.0801. The maximum Gasteiger partial charge on any atom is 0.347 e. The number of esters is 1. The number of carbonyl (C=O) groups excluding carboxylic acids is 2. The topological polar surface area (TPSA) is 123 Å². The number of furan rings is 1. The molecule has 0 fully saturated rings. The smallest absolute Gasteiger partial charge is 0.347 e. The van der Waals surface area contributed by atoms with Crippen LogP contribution in [0.25, 0.3) is 5.69 Å². The van der Waals surface area contributed by atoms with Gasteiger partial charge in [-0.2, -0.15) is 5.10 Å². The fourth-order valence-electron chi connectivity index (χ4n) is 4.30. The predicted octanol–water partition coefficient (Wildman–Crippen LogP) is 5.38. The summed E-state index contributed by atoms with van der Waals surface area (Å²) in [6.07, 6.45) is 0.531. The SMILES string of the molecule is CCOC(=O)[C@@H](C)Oc1c(OC)cc(/C=N/NC(=O)c2ccc(COc3ccc(-n4c(C)ccc4C)cc3)o2)cc1OC. The first-order valence-corrected chi connectivity index (χ1v) is 13.6. The molecule has 0 saturated heterocycles. The summed E-state index contributed by atoms with van der Waals surface area (Å²) in [6, 6.07) is 18.4. The summed E-state index contributed by atoms with van der Waals surface area (Å²) in [4.78, 5) is 24.6. The fourth-order valence-corrected chi connectivity index (χ4v) is 4.30. The number of nitrogens with one attached hydrogen (secondary N) is 1. The third-order valence-corrected chi connectivity index (χ3v) is 6.41. The van der Waals surface area contributed by atoms with E-state index in [4.69, 9.17) is 28.1 Å². The molecule has 0 unspecified atom stereocenters. The Bertz CT molecular complexity index is 1540. The van der Waals surface area contributed by atoms with Gasteiger partial charge in [-0.1, -0.05) is 0 Å². The van der Waals surface area contributed by atoms with Crippen LogP contribution in [-0.2, 0) is 16.1 Å². The maximum absolute atomic E-state index is 12.6. The second-order valence-electron chi connectivity index (χ2n) is 9.47. The lowest BCUT2D eigenvalue weighted by molar-refractivity contribution is -0.150. The number of hydrogen-bond donors (Lipinski definition) is 1. The number of ether oxygens (including phenoxy) is 5. The number of hydrogen-bond acceptors (Lipinski definition) is 9. The van der Waals surface area contributed by atoms with E-state index in [1.165, 1.54) is 20.4 Å². The van der Waals surface area contributed by atoms with Crippen LogP contribution in [0.5, 0.6) is 23.0 Å². The molecule has 4 aromatic rings. The molecule has 1 amide bonds. The molecule has 11 heteroatoms. The number of aryl methyl sites for hydroxylation is 2. The van der Waals surface area contributed by atoms with Crippen molar-refractivity contribution >= 4 is 18.1 Å². The largest absolute Gasteiger partial charge is 0.493 e. The minimum Gasteiger partial charge on any atom is -0.493 e. The van der Waals surface area contributed by atoms with Gasteiger partial charge < -0.3 is 32.7 Å². The maximum atomic E-state index is 12.6. The molecular formula is C32H35N3O8. The van der Waals surface area contributed by atoms with Crippen molar-refractivity contribution in [2.75, 3.05) is 20.8 Å². The van der Waals surface area contributed by atoms with Crippen LogP contribution in [0.2, 0.25) is 0 Å². The average molecular weight is 590 g/mol. The Kier molecular flexibility index (Phi) is 10.1.